The number of halogens is 3. The van der Waals surface area contributed by atoms with Gasteiger partial charge >= 0.3 is 12.1 Å². The van der Waals surface area contributed by atoms with E-state index in [0.717, 1.165) is 19.6 Å². The van der Waals surface area contributed by atoms with E-state index in [4.69, 9.17) is 4.74 Å². The van der Waals surface area contributed by atoms with E-state index in [1.807, 2.05) is 0 Å². The van der Waals surface area contributed by atoms with E-state index in [1.165, 1.54) is 12.1 Å². The molecule has 0 saturated carbocycles. The maximum atomic E-state index is 13.0. The van der Waals surface area contributed by atoms with Gasteiger partial charge in [0.15, 0.2) is 0 Å². The first-order valence-corrected chi connectivity index (χ1v) is 5.84. The second-order valence-electron chi connectivity index (χ2n) is 4.29. The third-order valence-corrected chi connectivity index (χ3v) is 3.06. The maximum Gasteiger partial charge on any atom is 0.416 e. The summed E-state index contributed by atoms with van der Waals surface area (Å²) in [7, 11) is 1.13. The van der Waals surface area contributed by atoms with Crippen molar-refractivity contribution in [3.05, 3.63) is 34.9 Å². The average Bonchev–Trinajstić information content (AvgIpc) is 2.90. The van der Waals surface area contributed by atoms with Crippen LogP contribution in [0.3, 0.4) is 0 Å². The minimum Gasteiger partial charge on any atom is -0.465 e. The Morgan fingerprint density at radius 1 is 1.42 bits per heavy atom. The zero-order chi connectivity index (χ0) is 14.0. The van der Waals surface area contributed by atoms with Crippen LogP contribution in [0.1, 0.15) is 40.4 Å². The monoisotopic (exact) mass is 274 g/mol. The first kappa shape index (κ1) is 13.9. The molecule has 1 heterocycles. The van der Waals surface area contributed by atoms with Crippen molar-refractivity contribution in [3.8, 4) is 0 Å². The Balaban J connectivity index is 2.45. The molecular weight excluding hydrogens is 261 g/mol. The number of esters is 1. The topological polar surface area (TPSA) is 35.5 Å². The summed E-state index contributed by atoms with van der Waals surface area (Å²) in [6.07, 6.45) is -3.78. The Bertz CT molecular complexity index is 477. The molecule has 0 spiro atoms. The molecule has 0 bridgehead atoms. The van der Waals surface area contributed by atoms with E-state index in [-0.39, 0.29) is 11.1 Å². The third-order valence-electron chi connectivity index (χ3n) is 3.06. The summed E-state index contributed by atoms with van der Waals surface area (Å²) in [5.74, 6) is -0.788. The first-order chi connectivity index (χ1) is 8.93. The van der Waals surface area contributed by atoms with Crippen LogP contribution in [0.4, 0.5) is 13.2 Å². The SMILES string of the molecule is COC(=O)c1ccc(C2CCCO2)c(C(F)(F)F)c1. The standard InChI is InChI=1S/C13H13F3O3/c1-18-12(17)8-4-5-9(11-3-2-6-19-11)10(7-8)13(14,15)16/h4-5,7,11H,2-3,6H2,1H3. The van der Waals surface area contributed by atoms with Crippen LogP contribution in [0.2, 0.25) is 0 Å². The molecule has 6 heteroatoms. The molecule has 1 aromatic carbocycles. The molecule has 1 unspecified atom stereocenters. The molecule has 1 saturated heterocycles. The second-order valence-corrected chi connectivity index (χ2v) is 4.29. The summed E-state index contributed by atoms with van der Waals surface area (Å²) >= 11 is 0. The molecule has 0 aromatic heterocycles. The minimum atomic E-state index is -4.52. The third kappa shape index (κ3) is 2.89. The van der Waals surface area contributed by atoms with Crippen LogP contribution in [0, 0.1) is 0 Å². The molecule has 19 heavy (non-hydrogen) atoms. The highest BCUT2D eigenvalue weighted by atomic mass is 19.4. The van der Waals surface area contributed by atoms with Gasteiger partial charge in [-0.1, -0.05) is 6.07 Å². The van der Waals surface area contributed by atoms with Crippen molar-refractivity contribution in [1.82, 2.24) is 0 Å². The highest BCUT2D eigenvalue weighted by Gasteiger charge is 2.37. The van der Waals surface area contributed by atoms with Crippen molar-refractivity contribution in [2.75, 3.05) is 13.7 Å². The number of benzene rings is 1. The number of alkyl halides is 3. The fourth-order valence-corrected chi connectivity index (χ4v) is 2.15. The second kappa shape index (κ2) is 5.21. The molecule has 1 fully saturated rings. The van der Waals surface area contributed by atoms with E-state index < -0.39 is 23.8 Å². The summed E-state index contributed by atoms with van der Waals surface area (Å²) in [5.41, 5.74) is -0.864. The smallest absolute Gasteiger partial charge is 0.416 e. The molecule has 1 aromatic rings. The van der Waals surface area contributed by atoms with Gasteiger partial charge in [-0.05, 0) is 30.5 Å². The Morgan fingerprint density at radius 3 is 2.68 bits per heavy atom. The first-order valence-electron chi connectivity index (χ1n) is 5.84. The van der Waals surface area contributed by atoms with Crippen molar-refractivity contribution in [3.63, 3.8) is 0 Å². The van der Waals surface area contributed by atoms with Crippen LogP contribution >= 0.6 is 0 Å². The molecule has 2 rings (SSSR count). The fourth-order valence-electron chi connectivity index (χ4n) is 2.15. The molecule has 104 valence electrons. The van der Waals surface area contributed by atoms with E-state index in [2.05, 4.69) is 4.74 Å². The van der Waals surface area contributed by atoms with Gasteiger partial charge in [-0.25, -0.2) is 4.79 Å². The molecule has 1 aliphatic heterocycles. The molecule has 0 N–H and O–H groups in total. The predicted molar refractivity (Wildman–Crippen MR) is 60.7 cm³/mol. The van der Waals surface area contributed by atoms with Crippen LogP contribution in [-0.2, 0) is 15.7 Å². The summed E-state index contributed by atoms with van der Waals surface area (Å²) < 4.78 is 48.8. The number of methoxy groups -OCH3 is 1. The molecule has 3 nitrogen and oxygen atoms in total. The summed E-state index contributed by atoms with van der Waals surface area (Å²) in [4.78, 5) is 11.3. The number of hydrogen-bond acceptors (Lipinski definition) is 3. The van der Waals surface area contributed by atoms with Gasteiger partial charge in [0.05, 0.1) is 24.3 Å². The average molecular weight is 274 g/mol. The minimum absolute atomic E-state index is 0.0812. The highest BCUT2D eigenvalue weighted by molar-refractivity contribution is 5.89. The van der Waals surface area contributed by atoms with Gasteiger partial charge in [-0.15, -0.1) is 0 Å². The lowest BCUT2D eigenvalue weighted by molar-refractivity contribution is -0.139. The van der Waals surface area contributed by atoms with Crippen LogP contribution in [0.5, 0.6) is 0 Å². The van der Waals surface area contributed by atoms with Crippen LogP contribution in [0.15, 0.2) is 18.2 Å². The van der Waals surface area contributed by atoms with E-state index in [0.29, 0.717) is 13.0 Å². The van der Waals surface area contributed by atoms with E-state index in [9.17, 15) is 18.0 Å². The summed E-state index contributed by atoms with van der Waals surface area (Å²) in [6, 6.07) is 3.45. The normalized spacial score (nSPS) is 19.5. The van der Waals surface area contributed by atoms with E-state index in [1.54, 1.807) is 0 Å². The van der Waals surface area contributed by atoms with Gasteiger partial charge in [-0.2, -0.15) is 13.2 Å². The Kier molecular flexibility index (Phi) is 3.80. The lowest BCUT2D eigenvalue weighted by Gasteiger charge is -2.18. The van der Waals surface area contributed by atoms with Crippen molar-refractivity contribution < 1.29 is 27.4 Å². The van der Waals surface area contributed by atoms with Crippen molar-refractivity contribution >= 4 is 5.97 Å². The number of ether oxygens (including phenoxy) is 2. The van der Waals surface area contributed by atoms with Gasteiger partial charge in [0.25, 0.3) is 0 Å². The molecule has 0 amide bonds. The molecule has 0 aliphatic carbocycles. The molecule has 1 aliphatic rings. The lowest BCUT2D eigenvalue weighted by atomic mass is 9.97. The van der Waals surface area contributed by atoms with Gasteiger partial charge in [0, 0.05) is 6.61 Å². The Hall–Kier alpha value is -1.56. The van der Waals surface area contributed by atoms with Crippen molar-refractivity contribution in [1.29, 1.82) is 0 Å². The number of rotatable bonds is 2. The molecule has 1 atom stereocenters. The zero-order valence-electron chi connectivity index (χ0n) is 10.3. The quantitative estimate of drug-likeness (QED) is 0.776. The molecular formula is C13H13F3O3. The van der Waals surface area contributed by atoms with Crippen LogP contribution in [0.25, 0.3) is 0 Å². The maximum absolute atomic E-state index is 13.0. The summed E-state index contributed by atoms with van der Waals surface area (Å²) in [5, 5.41) is 0. The van der Waals surface area contributed by atoms with Gasteiger partial charge in [0.2, 0.25) is 0 Å². The fraction of sp³-hybridized carbons (Fsp3) is 0.462. The number of carbonyl (C=O) groups is 1. The largest absolute Gasteiger partial charge is 0.465 e. The number of carbonyl (C=O) groups excluding carboxylic acids is 1. The van der Waals surface area contributed by atoms with Crippen molar-refractivity contribution in [2.45, 2.75) is 25.1 Å². The highest BCUT2D eigenvalue weighted by Crippen LogP contribution is 2.39. The lowest BCUT2D eigenvalue weighted by Crippen LogP contribution is -2.14. The van der Waals surface area contributed by atoms with E-state index >= 15 is 0 Å². The van der Waals surface area contributed by atoms with Gasteiger partial charge < -0.3 is 9.47 Å². The predicted octanol–water partition coefficient (Wildman–Crippen LogP) is 3.34. The molecule has 0 radical (unpaired) electrons. The zero-order valence-corrected chi connectivity index (χ0v) is 10.3. The summed E-state index contributed by atoms with van der Waals surface area (Å²) in [6.45, 7) is 0.459. The number of hydrogen-bond donors (Lipinski definition) is 0. The van der Waals surface area contributed by atoms with Crippen LogP contribution < -0.4 is 0 Å². The Morgan fingerprint density at radius 2 is 2.16 bits per heavy atom. The van der Waals surface area contributed by atoms with Gasteiger partial charge in [-0.3, -0.25) is 0 Å². The van der Waals surface area contributed by atoms with Gasteiger partial charge in [0.1, 0.15) is 0 Å². The van der Waals surface area contributed by atoms with Crippen LogP contribution in [-0.4, -0.2) is 19.7 Å². The Labute approximate surface area is 108 Å². The van der Waals surface area contributed by atoms with Crippen molar-refractivity contribution in [2.24, 2.45) is 0 Å².